The Morgan fingerprint density at radius 2 is 1.97 bits per heavy atom. The molecule has 0 radical (unpaired) electrons. The van der Waals surface area contributed by atoms with Crippen molar-refractivity contribution in [3.63, 3.8) is 0 Å². The number of fused-ring (bicyclic) bond motifs is 1. The molecular weight excluding hydrogens is 414 g/mol. The van der Waals surface area contributed by atoms with Crippen LogP contribution < -0.4 is 14.9 Å². The molecule has 3 N–H and O–H groups in total. The molecule has 3 aromatic heterocycles. The predicted octanol–water partition coefficient (Wildman–Crippen LogP) is 3.40. The van der Waals surface area contributed by atoms with Crippen LogP contribution in [0.1, 0.15) is 11.6 Å². The second-order valence-electron chi connectivity index (χ2n) is 6.98. The van der Waals surface area contributed by atoms with Crippen molar-refractivity contribution in [2.45, 2.75) is 13.8 Å². The van der Waals surface area contributed by atoms with Gasteiger partial charge in [0.05, 0.1) is 17.1 Å². The van der Waals surface area contributed by atoms with E-state index < -0.39 is 0 Å². The summed E-state index contributed by atoms with van der Waals surface area (Å²) in [5.41, 5.74) is 4.86. The molecule has 3 heterocycles. The zero-order chi connectivity index (χ0) is 22.1. The highest BCUT2D eigenvalue weighted by Crippen LogP contribution is 2.36. The van der Waals surface area contributed by atoms with Gasteiger partial charge in [0, 0.05) is 32.0 Å². The fraction of sp³-hybridized carbons (Fsp3) is 0.250. The second kappa shape index (κ2) is 8.26. The van der Waals surface area contributed by atoms with Gasteiger partial charge in [-0.1, -0.05) is 11.9 Å². The summed E-state index contributed by atoms with van der Waals surface area (Å²) in [6, 6.07) is 7.86. The Morgan fingerprint density at radius 3 is 2.65 bits per heavy atom. The Balaban J connectivity index is 1.81. The first kappa shape index (κ1) is 20.7. The molecule has 160 valence electrons. The largest absolute Gasteiger partial charge is 0.352 e. The summed E-state index contributed by atoms with van der Waals surface area (Å²) in [4.78, 5) is 27.5. The van der Waals surface area contributed by atoms with E-state index in [2.05, 4.69) is 46.0 Å². The van der Waals surface area contributed by atoms with Crippen molar-refractivity contribution in [1.29, 1.82) is 0 Å². The number of H-pyrrole nitrogens is 1. The van der Waals surface area contributed by atoms with Crippen LogP contribution in [0.25, 0.3) is 22.6 Å². The van der Waals surface area contributed by atoms with E-state index in [0.29, 0.717) is 17.9 Å². The van der Waals surface area contributed by atoms with E-state index in [9.17, 15) is 4.79 Å². The van der Waals surface area contributed by atoms with Gasteiger partial charge >= 0.3 is 0 Å². The number of nitrogens with one attached hydrogen (secondary N) is 3. The summed E-state index contributed by atoms with van der Waals surface area (Å²) >= 11 is 1.59. The smallest absolute Gasteiger partial charge is 0.212 e. The molecule has 1 amide bonds. The van der Waals surface area contributed by atoms with E-state index in [1.54, 1.807) is 22.7 Å². The van der Waals surface area contributed by atoms with Crippen LogP contribution in [-0.2, 0) is 11.8 Å². The third-order valence-corrected chi connectivity index (χ3v) is 5.54. The number of anilines is 4. The zero-order valence-electron chi connectivity index (χ0n) is 17.9. The number of aromatic nitrogens is 6. The van der Waals surface area contributed by atoms with Crippen LogP contribution in [0, 0.1) is 13.8 Å². The first-order valence-corrected chi connectivity index (χ1v) is 10.7. The lowest BCUT2D eigenvalue weighted by atomic mass is 10.1. The summed E-state index contributed by atoms with van der Waals surface area (Å²) in [5, 5.41) is 10.4. The molecule has 0 aliphatic heterocycles. The van der Waals surface area contributed by atoms with E-state index in [1.165, 1.54) is 0 Å². The number of benzene rings is 1. The van der Waals surface area contributed by atoms with E-state index in [0.717, 1.165) is 45.6 Å². The van der Waals surface area contributed by atoms with E-state index in [-0.39, 0.29) is 0 Å². The van der Waals surface area contributed by atoms with Crippen molar-refractivity contribution in [2.24, 2.45) is 7.05 Å². The number of hydrogen-bond donors (Lipinski definition) is 3. The van der Waals surface area contributed by atoms with Gasteiger partial charge < -0.3 is 19.9 Å². The minimum atomic E-state index is 0.419. The summed E-state index contributed by atoms with van der Waals surface area (Å²) in [7, 11) is 3.88. The SMILES string of the molecule is CSN(C)c1cc(-c2nc(C)nn2C)ccc1Nc1cc(NC=O)nc2nc(C)[nH]c12. The number of aryl methyl sites for hydroxylation is 3. The molecule has 0 bridgehead atoms. The van der Waals surface area contributed by atoms with Crippen molar-refractivity contribution in [3.05, 3.63) is 35.9 Å². The van der Waals surface area contributed by atoms with Gasteiger partial charge in [0.2, 0.25) is 6.41 Å². The van der Waals surface area contributed by atoms with Crippen LogP contribution in [0.15, 0.2) is 24.3 Å². The molecule has 11 heteroatoms. The fourth-order valence-electron chi connectivity index (χ4n) is 3.38. The first-order chi connectivity index (χ1) is 14.9. The molecule has 0 atom stereocenters. The van der Waals surface area contributed by atoms with Crippen LogP contribution >= 0.6 is 11.9 Å². The Bertz CT molecular complexity index is 1260. The Kier molecular flexibility index (Phi) is 5.51. The highest BCUT2D eigenvalue weighted by atomic mass is 32.2. The average molecular weight is 438 g/mol. The van der Waals surface area contributed by atoms with Crippen molar-refractivity contribution >= 4 is 52.4 Å². The summed E-state index contributed by atoms with van der Waals surface area (Å²) in [5.74, 6) is 2.68. The molecule has 0 fully saturated rings. The molecule has 4 rings (SSSR count). The highest BCUT2D eigenvalue weighted by molar-refractivity contribution is 7.99. The fourth-order valence-corrected chi connectivity index (χ4v) is 3.73. The molecule has 0 unspecified atom stereocenters. The monoisotopic (exact) mass is 437 g/mol. The molecule has 0 spiro atoms. The molecule has 1 aromatic carbocycles. The van der Waals surface area contributed by atoms with Gasteiger partial charge in [-0.15, -0.1) is 0 Å². The average Bonchev–Trinajstić information content (AvgIpc) is 3.28. The number of hydrogen-bond acceptors (Lipinski definition) is 8. The quantitative estimate of drug-likeness (QED) is 0.298. The molecule has 0 aliphatic rings. The molecule has 0 saturated heterocycles. The van der Waals surface area contributed by atoms with Crippen LogP contribution in [0.3, 0.4) is 0 Å². The Labute approximate surface area is 183 Å². The maximum atomic E-state index is 10.9. The number of rotatable bonds is 7. The molecule has 31 heavy (non-hydrogen) atoms. The van der Waals surface area contributed by atoms with Crippen molar-refractivity contribution in [1.82, 2.24) is 29.7 Å². The van der Waals surface area contributed by atoms with Gasteiger partial charge in [-0.2, -0.15) is 5.10 Å². The van der Waals surface area contributed by atoms with Crippen LogP contribution in [0.2, 0.25) is 0 Å². The molecular formula is C20H23N9OS. The lowest BCUT2D eigenvalue weighted by Gasteiger charge is -2.21. The third-order valence-electron chi connectivity index (χ3n) is 4.79. The predicted molar refractivity (Wildman–Crippen MR) is 125 cm³/mol. The third kappa shape index (κ3) is 4.04. The maximum absolute atomic E-state index is 10.9. The standard InChI is InChI=1S/C20H23N9OS/c1-11-22-18-15(9-17(21-10-30)26-19(18)23-11)25-14-7-6-13(8-16(14)29(4)31-5)20-24-12(2)27-28(20)3/h6-10H,1-5H3,(H3,21,22,23,25,26,30). The van der Waals surface area contributed by atoms with Crippen LogP contribution in [0.5, 0.6) is 0 Å². The number of imidazole rings is 1. The normalized spacial score (nSPS) is 11.0. The van der Waals surface area contributed by atoms with E-state index >= 15 is 0 Å². The Morgan fingerprint density at radius 1 is 1.16 bits per heavy atom. The van der Waals surface area contributed by atoms with Gasteiger partial charge in [-0.05, 0) is 32.0 Å². The number of pyridine rings is 1. The summed E-state index contributed by atoms with van der Waals surface area (Å²) in [6.45, 7) is 3.74. The highest BCUT2D eigenvalue weighted by Gasteiger charge is 2.16. The maximum Gasteiger partial charge on any atom is 0.212 e. The van der Waals surface area contributed by atoms with E-state index in [1.807, 2.05) is 46.3 Å². The van der Waals surface area contributed by atoms with Gasteiger partial charge in [-0.25, -0.2) is 19.6 Å². The number of nitrogens with zero attached hydrogens (tertiary/aromatic N) is 6. The van der Waals surface area contributed by atoms with Gasteiger partial charge in [0.25, 0.3) is 0 Å². The molecule has 0 aliphatic carbocycles. The lowest BCUT2D eigenvalue weighted by Crippen LogP contribution is -2.09. The Hall–Kier alpha value is -3.60. The van der Waals surface area contributed by atoms with Crippen molar-refractivity contribution < 1.29 is 4.79 Å². The van der Waals surface area contributed by atoms with Gasteiger partial charge in [0.15, 0.2) is 11.5 Å². The van der Waals surface area contributed by atoms with Gasteiger partial charge in [-0.3, -0.25) is 4.79 Å². The minimum Gasteiger partial charge on any atom is -0.352 e. The van der Waals surface area contributed by atoms with Gasteiger partial charge in [0.1, 0.15) is 23.0 Å². The topological polar surface area (TPSA) is 117 Å². The number of carbonyl (C=O) groups is 1. The molecule has 4 aromatic rings. The number of aromatic amines is 1. The summed E-state index contributed by atoms with van der Waals surface area (Å²) < 4.78 is 3.84. The number of carbonyl (C=O) groups excluding carboxylic acids is 1. The number of amides is 1. The van der Waals surface area contributed by atoms with Crippen LogP contribution in [0.4, 0.5) is 22.9 Å². The molecule has 0 saturated carbocycles. The summed E-state index contributed by atoms with van der Waals surface area (Å²) in [6.07, 6.45) is 2.61. The first-order valence-electron chi connectivity index (χ1n) is 9.54. The lowest BCUT2D eigenvalue weighted by molar-refractivity contribution is -0.105. The second-order valence-corrected chi connectivity index (χ2v) is 7.89. The van der Waals surface area contributed by atoms with Crippen LogP contribution in [-0.4, -0.2) is 49.4 Å². The van der Waals surface area contributed by atoms with Crippen molar-refractivity contribution in [3.8, 4) is 11.4 Å². The zero-order valence-corrected chi connectivity index (χ0v) is 18.7. The van der Waals surface area contributed by atoms with E-state index in [4.69, 9.17) is 0 Å². The minimum absolute atomic E-state index is 0.419. The van der Waals surface area contributed by atoms with Crippen molar-refractivity contribution in [2.75, 3.05) is 28.2 Å². The molecule has 10 nitrogen and oxygen atoms in total.